The number of fused-ring (bicyclic) bond motifs is 1. The van der Waals surface area contributed by atoms with Crippen molar-refractivity contribution < 1.29 is 23.4 Å². The molecule has 1 fully saturated rings. The minimum absolute atomic E-state index is 0.0560. The summed E-state index contributed by atoms with van der Waals surface area (Å²) < 4.78 is 31.3. The van der Waals surface area contributed by atoms with Crippen LogP contribution in [0.25, 0.3) is 10.9 Å². The van der Waals surface area contributed by atoms with E-state index < -0.39 is 0 Å². The number of piperidine rings is 1. The number of methoxy groups -OCH3 is 1. The van der Waals surface area contributed by atoms with Gasteiger partial charge >= 0.3 is 0 Å². The zero-order valence-electron chi connectivity index (χ0n) is 23.8. The van der Waals surface area contributed by atoms with Crippen LogP contribution in [0.5, 0.6) is 17.2 Å². The minimum atomic E-state index is -0.317. The molecule has 0 spiro atoms. The number of carbonyl (C=O) groups excluding carboxylic acids is 1. The van der Waals surface area contributed by atoms with E-state index in [-0.39, 0.29) is 24.4 Å². The van der Waals surface area contributed by atoms with Crippen LogP contribution < -0.4 is 19.5 Å². The molecule has 11 heteroatoms. The third-order valence-corrected chi connectivity index (χ3v) is 7.23. The second-order valence-electron chi connectivity index (χ2n) is 10.4. The summed E-state index contributed by atoms with van der Waals surface area (Å²) in [6.07, 6.45) is 2.87. The number of amides is 1. The van der Waals surface area contributed by atoms with Crippen molar-refractivity contribution in [3.05, 3.63) is 77.3 Å². The Bertz CT molecular complexity index is 1560. The lowest BCUT2D eigenvalue weighted by Crippen LogP contribution is -2.45. The van der Waals surface area contributed by atoms with Gasteiger partial charge in [0.05, 0.1) is 24.2 Å². The molecule has 1 aliphatic heterocycles. The number of rotatable bonds is 10. The average molecular weight is 594 g/mol. The molecular formula is C31H33ClFN5O4. The number of hydrogen-bond acceptors (Lipinski definition) is 8. The molecule has 1 amide bonds. The Morgan fingerprint density at radius 1 is 1.07 bits per heavy atom. The summed E-state index contributed by atoms with van der Waals surface area (Å²) in [7, 11) is 5.38. The van der Waals surface area contributed by atoms with Gasteiger partial charge in [0.1, 0.15) is 36.4 Å². The van der Waals surface area contributed by atoms with Gasteiger partial charge in [-0.2, -0.15) is 0 Å². The topological polar surface area (TPSA) is 89.0 Å². The molecule has 0 aliphatic carbocycles. The van der Waals surface area contributed by atoms with E-state index in [1.54, 1.807) is 31.4 Å². The molecule has 0 radical (unpaired) electrons. The molecule has 42 heavy (non-hydrogen) atoms. The maximum absolute atomic E-state index is 13.5. The smallest absolute Gasteiger partial charge is 0.236 e. The summed E-state index contributed by atoms with van der Waals surface area (Å²) >= 11 is 6.50. The molecule has 9 nitrogen and oxygen atoms in total. The summed E-state index contributed by atoms with van der Waals surface area (Å²) in [5.41, 5.74) is 2.09. The highest BCUT2D eigenvalue weighted by Crippen LogP contribution is 2.37. The van der Waals surface area contributed by atoms with Gasteiger partial charge < -0.3 is 29.3 Å². The van der Waals surface area contributed by atoms with E-state index in [1.165, 1.54) is 18.5 Å². The van der Waals surface area contributed by atoms with Crippen LogP contribution in [0, 0.1) is 5.82 Å². The zero-order chi connectivity index (χ0) is 29.6. The highest BCUT2D eigenvalue weighted by molar-refractivity contribution is 6.32. The van der Waals surface area contributed by atoms with E-state index in [0.29, 0.717) is 64.5 Å². The van der Waals surface area contributed by atoms with Crippen molar-refractivity contribution in [1.29, 1.82) is 0 Å². The molecular weight excluding hydrogens is 561 g/mol. The van der Waals surface area contributed by atoms with E-state index in [4.69, 9.17) is 25.8 Å². The van der Waals surface area contributed by atoms with Gasteiger partial charge in [0.15, 0.2) is 11.5 Å². The maximum Gasteiger partial charge on any atom is 0.236 e. The van der Waals surface area contributed by atoms with Crippen molar-refractivity contribution >= 4 is 39.9 Å². The minimum Gasteiger partial charge on any atom is -0.493 e. The van der Waals surface area contributed by atoms with Crippen LogP contribution in [0.2, 0.25) is 5.02 Å². The molecule has 5 rings (SSSR count). The first-order valence-electron chi connectivity index (χ1n) is 13.6. The zero-order valence-corrected chi connectivity index (χ0v) is 24.5. The second-order valence-corrected chi connectivity index (χ2v) is 10.8. The molecule has 0 atom stereocenters. The number of anilines is 2. The molecule has 1 aromatic heterocycles. The number of benzene rings is 3. The molecule has 0 saturated carbocycles. The van der Waals surface area contributed by atoms with Crippen molar-refractivity contribution in [2.24, 2.45) is 0 Å². The van der Waals surface area contributed by atoms with Crippen molar-refractivity contribution in [2.75, 3.05) is 46.2 Å². The fourth-order valence-corrected chi connectivity index (χ4v) is 5.04. The number of nitrogens with zero attached hydrogens (tertiary/aromatic N) is 4. The Kier molecular flexibility index (Phi) is 9.24. The predicted molar refractivity (Wildman–Crippen MR) is 160 cm³/mol. The normalized spacial score (nSPS) is 13.8. The standard InChI is InChI=1S/C31H33ClFN5O4/c1-37(2)17-30(39)38-11-9-23(10-12-38)42-29-15-24-26(16-28(29)40-3)34-19-35-31(24)36-22-7-8-27(25(32)14-22)41-18-20-5-4-6-21(33)13-20/h4-8,13-16,19,23H,9-12,17-18H2,1-3H3,(H,34,35,36). The van der Waals surface area contributed by atoms with E-state index in [0.717, 1.165) is 18.2 Å². The Hall–Kier alpha value is -4.15. The van der Waals surface area contributed by atoms with Gasteiger partial charge in [-0.05, 0) is 56.1 Å². The average Bonchev–Trinajstić information content (AvgIpc) is 2.97. The summed E-state index contributed by atoms with van der Waals surface area (Å²) in [5.74, 6) is 2.01. The Morgan fingerprint density at radius 2 is 1.88 bits per heavy atom. The van der Waals surface area contributed by atoms with Crippen molar-refractivity contribution in [1.82, 2.24) is 19.8 Å². The first kappa shape index (κ1) is 29.3. The van der Waals surface area contributed by atoms with Crippen LogP contribution in [-0.2, 0) is 11.4 Å². The van der Waals surface area contributed by atoms with Gasteiger partial charge in [-0.3, -0.25) is 4.79 Å². The quantitative estimate of drug-likeness (QED) is 0.251. The van der Waals surface area contributed by atoms with Gasteiger partial charge in [-0.15, -0.1) is 0 Å². The van der Waals surface area contributed by atoms with E-state index in [9.17, 15) is 9.18 Å². The van der Waals surface area contributed by atoms with Gasteiger partial charge in [0.2, 0.25) is 5.91 Å². The molecule has 4 aromatic rings. The van der Waals surface area contributed by atoms with Crippen molar-refractivity contribution in [3.8, 4) is 17.2 Å². The van der Waals surface area contributed by atoms with Gasteiger partial charge in [-0.25, -0.2) is 14.4 Å². The molecule has 2 heterocycles. The predicted octanol–water partition coefficient (Wildman–Crippen LogP) is 5.68. The first-order valence-corrected chi connectivity index (χ1v) is 14.0. The number of hydrogen-bond donors (Lipinski definition) is 1. The first-order chi connectivity index (χ1) is 20.3. The Morgan fingerprint density at radius 3 is 2.60 bits per heavy atom. The third kappa shape index (κ3) is 7.18. The Balaban J connectivity index is 1.29. The van der Waals surface area contributed by atoms with Crippen molar-refractivity contribution in [2.45, 2.75) is 25.6 Å². The number of likely N-dealkylation sites (tertiary alicyclic amines) is 1. The van der Waals surface area contributed by atoms with Crippen LogP contribution in [-0.4, -0.2) is 72.6 Å². The maximum atomic E-state index is 13.5. The lowest BCUT2D eigenvalue weighted by Gasteiger charge is -2.33. The molecule has 220 valence electrons. The summed E-state index contributed by atoms with van der Waals surface area (Å²) in [6, 6.07) is 15.2. The number of ether oxygens (including phenoxy) is 3. The molecule has 0 unspecified atom stereocenters. The Labute approximate surface area is 249 Å². The summed E-state index contributed by atoms with van der Waals surface area (Å²) in [6.45, 7) is 1.88. The van der Waals surface area contributed by atoms with E-state index >= 15 is 0 Å². The largest absolute Gasteiger partial charge is 0.493 e. The third-order valence-electron chi connectivity index (χ3n) is 6.94. The van der Waals surface area contributed by atoms with Gasteiger partial charge in [-0.1, -0.05) is 23.7 Å². The molecule has 1 N–H and O–H groups in total. The molecule has 1 aliphatic rings. The van der Waals surface area contributed by atoms with Crippen LogP contribution >= 0.6 is 11.6 Å². The summed E-state index contributed by atoms with van der Waals surface area (Å²) in [4.78, 5) is 25.1. The summed E-state index contributed by atoms with van der Waals surface area (Å²) in [5, 5.41) is 4.46. The van der Waals surface area contributed by atoms with Crippen molar-refractivity contribution in [3.63, 3.8) is 0 Å². The number of carbonyl (C=O) groups is 1. The number of nitrogens with one attached hydrogen (secondary N) is 1. The SMILES string of the molecule is COc1cc2ncnc(Nc3ccc(OCc4cccc(F)c4)c(Cl)c3)c2cc1OC1CCN(C(=O)CN(C)C)CC1. The molecule has 1 saturated heterocycles. The van der Waals surface area contributed by atoms with Crippen LogP contribution in [0.3, 0.4) is 0 Å². The van der Waals surface area contributed by atoms with E-state index in [1.807, 2.05) is 42.1 Å². The van der Waals surface area contributed by atoms with Crippen LogP contribution in [0.15, 0.2) is 60.9 Å². The van der Waals surface area contributed by atoms with E-state index in [2.05, 4.69) is 15.3 Å². The lowest BCUT2D eigenvalue weighted by atomic mass is 10.1. The monoisotopic (exact) mass is 593 g/mol. The number of likely N-dealkylation sites (N-methyl/N-ethyl adjacent to an activating group) is 1. The molecule has 0 bridgehead atoms. The number of aromatic nitrogens is 2. The molecule has 3 aromatic carbocycles. The fourth-order valence-electron chi connectivity index (χ4n) is 4.81. The highest BCUT2D eigenvalue weighted by atomic mass is 35.5. The van der Waals surface area contributed by atoms with Crippen LogP contribution in [0.1, 0.15) is 18.4 Å². The highest BCUT2D eigenvalue weighted by Gasteiger charge is 2.25. The number of halogens is 2. The van der Waals surface area contributed by atoms with Crippen LogP contribution in [0.4, 0.5) is 15.9 Å². The second kappa shape index (κ2) is 13.2. The van der Waals surface area contributed by atoms with Gasteiger partial charge in [0.25, 0.3) is 0 Å². The fraction of sp³-hybridized carbons (Fsp3) is 0.323. The lowest BCUT2D eigenvalue weighted by molar-refractivity contribution is -0.133. The van der Waals surface area contributed by atoms with Gasteiger partial charge in [0, 0.05) is 43.1 Å².